The van der Waals surface area contributed by atoms with E-state index in [1.807, 2.05) is 0 Å². The molecule has 0 atom stereocenters. The molecule has 1 heterocycles. The summed E-state index contributed by atoms with van der Waals surface area (Å²) in [5.74, 6) is 1.23. The Morgan fingerprint density at radius 3 is 2.62 bits per heavy atom. The van der Waals surface area contributed by atoms with Crippen molar-refractivity contribution < 1.29 is 4.39 Å². The largest absolute Gasteiger partial charge is 0.356 e. The molecule has 7 heteroatoms. The first-order valence-corrected chi connectivity index (χ1v) is 9.49. The van der Waals surface area contributed by atoms with Gasteiger partial charge in [-0.3, -0.25) is 4.99 Å². The first kappa shape index (κ1) is 23.4. The van der Waals surface area contributed by atoms with E-state index in [2.05, 4.69) is 34.4 Å². The van der Waals surface area contributed by atoms with Crippen molar-refractivity contribution in [2.24, 2.45) is 10.9 Å². The van der Waals surface area contributed by atoms with Crippen LogP contribution in [0.3, 0.4) is 0 Å². The Hall–Kier alpha value is -0.600. The van der Waals surface area contributed by atoms with Crippen LogP contribution in [0, 0.1) is 11.7 Å². The van der Waals surface area contributed by atoms with Gasteiger partial charge in [0.05, 0.1) is 0 Å². The normalized spacial score (nSPS) is 16.5. The Morgan fingerprint density at radius 2 is 2.04 bits per heavy atom. The lowest BCUT2D eigenvalue weighted by Gasteiger charge is -2.34. The summed E-state index contributed by atoms with van der Waals surface area (Å²) in [5, 5.41) is 7.22. The quantitative estimate of drug-likeness (QED) is 0.356. The summed E-state index contributed by atoms with van der Waals surface area (Å²) in [5.41, 5.74) is 0.550. The van der Waals surface area contributed by atoms with Crippen LogP contribution in [-0.2, 0) is 6.42 Å². The lowest BCUT2D eigenvalue weighted by molar-refractivity contribution is 0.187. The van der Waals surface area contributed by atoms with E-state index in [1.54, 1.807) is 19.2 Å². The Bertz CT molecular complexity index is 554. The molecule has 2 rings (SSSR count). The molecule has 0 bridgehead atoms. The van der Waals surface area contributed by atoms with Crippen molar-refractivity contribution >= 4 is 41.5 Å². The number of guanidine groups is 1. The molecule has 0 unspecified atom stereocenters. The van der Waals surface area contributed by atoms with Crippen molar-refractivity contribution in [3.8, 4) is 0 Å². The van der Waals surface area contributed by atoms with E-state index < -0.39 is 0 Å². The summed E-state index contributed by atoms with van der Waals surface area (Å²) in [6.07, 6.45) is 2.76. The number of benzene rings is 1. The molecule has 1 aliphatic heterocycles. The minimum atomic E-state index is -0.255. The molecule has 0 spiro atoms. The molecular formula is C19H31ClFIN4. The monoisotopic (exact) mass is 496 g/mol. The van der Waals surface area contributed by atoms with Crippen molar-refractivity contribution in [2.45, 2.75) is 39.2 Å². The number of likely N-dealkylation sites (tertiary alicyclic amines) is 1. The molecule has 2 N–H and O–H groups in total. The predicted octanol–water partition coefficient (Wildman–Crippen LogP) is 3.93. The van der Waals surface area contributed by atoms with Gasteiger partial charge in [-0.15, -0.1) is 24.0 Å². The zero-order valence-corrected chi connectivity index (χ0v) is 19.0. The number of halogens is 3. The number of nitrogens with one attached hydrogen (secondary N) is 2. The number of hydrogen-bond donors (Lipinski definition) is 2. The first-order chi connectivity index (χ1) is 12.0. The van der Waals surface area contributed by atoms with Crippen molar-refractivity contribution in [1.82, 2.24) is 15.5 Å². The second kappa shape index (κ2) is 12.0. The van der Waals surface area contributed by atoms with Gasteiger partial charge in [-0.2, -0.15) is 0 Å². The Balaban J connectivity index is 0.00000338. The van der Waals surface area contributed by atoms with Crippen LogP contribution in [0.2, 0.25) is 5.02 Å². The standard InChI is InChI=1S/C19H30ClFN4.HI/c1-14(2)13-25-11-8-15(9-12-25)24-19(22-3)23-10-7-16-17(20)5-4-6-18(16)21;/h4-6,14-15H,7-13H2,1-3H3,(H2,22,23,24);1H. The van der Waals surface area contributed by atoms with E-state index >= 15 is 0 Å². The van der Waals surface area contributed by atoms with Crippen LogP contribution in [0.4, 0.5) is 4.39 Å². The van der Waals surface area contributed by atoms with Crippen molar-refractivity contribution in [3.05, 3.63) is 34.6 Å². The summed E-state index contributed by atoms with van der Waals surface area (Å²) in [6.45, 7) is 8.53. The molecule has 26 heavy (non-hydrogen) atoms. The van der Waals surface area contributed by atoms with Crippen molar-refractivity contribution in [2.75, 3.05) is 33.2 Å². The smallest absolute Gasteiger partial charge is 0.191 e. The van der Waals surface area contributed by atoms with Crippen LogP contribution in [-0.4, -0.2) is 50.1 Å². The minimum absolute atomic E-state index is 0. The third-order valence-electron chi connectivity index (χ3n) is 4.50. The topological polar surface area (TPSA) is 39.7 Å². The number of aliphatic imine (C=N–C) groups is 1. The number of hydrogen-bond acceptors (Lipinski definition) is 2. The van der Waals surface area contributed by atoms with Crippen LogP contribution >= 0.6 is 35.6 Å². The van der Waals surface area contributed by atoms with E-state index in [-0.39, 0.29) is 29.8 Å². The fourth-order valence-corrected chi connectivity index (χ4v) is 3.50. The van der Waals surface area contributed by atoms with Gasteiger partial charge in [0.2, 0.25) is 0 Å². The highest BCUT2D eigenvalue weighted by molar-refractivity contribution is 14.0. The maximum Gasteiger partial charge on any atom is 0.191 e. The first-order valence-electron chi connectivity index (χ1n) is 9.12. The van der Waals surface area contributed by atoms with Crippen LogP contribution in [0.5, 0.6) is 0 Å². The highest BCUT2D eigenvalue weighted by atomic mass is 127. The average molecular weight is 497 g/mol. The predicted molar refractivity (Wildman–Crippen MR) is 119 cm³/mol. The molecule has 4 nitrogen and oxygen atoms in total. The van der Waals surface area contributed by atoms with Gasteiger partial charge in [0.1, 0.15) is 5.82 Å². The molecule has 0 aliphatic carbocycles. The molecule has 1 fully saturated rings. The number of rotatable bonds is 6. The second-order valence-corrected chi connectivity index (χ2v) is 7.47. The van der Waals surface area contributed by atoms with Gasteiger partial charge in [-0.05, 0) is 37.3 Å². The summed E-state index contributed by atoms with van der Waals surface area (Å²) >= 11 is 6.07. The van der Waals surface area contributed by atoms with Gasteiger partial charge >= 0.3 is 0 Å². The Morgan fingerprint density at radius 1 is 1.35 bits per heavy atom. The molecular weight excluding hydrogens is 466 g/mol. The highest BCUT2D eigenvalue weighted by Crippen LogP contribution is 2.19. The van der Waals surface area contributed by atoms with E-state index in [1.165, 1.54) is 12.6 Å². The van der Waals surface area contributed by atoms with Gasteiger partial charge in [0, 0.05) is 49.9 Å². The maximum atomic E-state index is 13.8. The summed E-state index contributed by atoms with van der Waals surface area (Å²) < 4.78 is 13.8. The number of nitrogens with zero attached hydrogens (tertiary/aromatic N) is 2. The fraction of sp³-hybridized carbons (Fsp3) is 0.632. The Labute approximate surface area is 179 Å². The average Bonchev–Trinajstić information content (AvgIpc) is 2.57. The van der Waals surface area contributed by atoms with Crippen molar-refractivity contribution in [3.63, 3.8) is 0 Å². The molecule has 0 aromatic heterocycles. The van der Waals surface area contributed by atoms with Gasteiger partial charge in [-0.1, -0.05) is 31.5 Å². The van der Waals surface area contributed by atoms with Gasteiger partial charge in [-0.25, -0.2) is 4.39 Å². The summed E-state index contributed by atoms with van der Waals surface area (Å²) in [6, 6.07) is 5.23. The lowest BCUT2D eigenvalue weighted by atomic mass is 10.0. The molecule has 0 radical (unpaired) electrons. The molecule has 1 aromatic carbocycles. The van der Waals surface area contributed by atoms with Crippen LogP contribution < -0.4 is 10.6 Å². The van der Waals surface area contributed by atoms with E-state index in [0.29, 0.717) is 35.5 Å². The fourth-order valence-electron chi connectivity index (χ4n) is 3.24. The Kier molecular flexibility index (Phi) is 10.8. The minimum Gasteiger partial charge on any atom is -0.356 e. The van der Waals surface area contributed by atoms with Crippen molar-refractivity contribution in [1.29, 1.82) is 0 Å². The van der Waals surface area contributed by atoms with E-state index in [9.17, 15) is 4.39 Å². The van der Waals surface area contributed by atoms with E-state index in [0.717, 1.165) is 31.9 Å². The molecule has 1 aromatic rings. The van der Waals surface area contributed by atoms with Gasteiger partial charge in [0.25, 0.3) is 0 Å². The summed E-state index contributed by atoms with van der Waals surface area (Å²) in [4.78, 5) is 6.81. The van der Waals surface area contributed by atoms with Gasteiger partial charge in [0.15, 0.2) is 5.96 Å². The zero-order valence-electron chi connectivity index (χ0n) is 15.9. The van der Waals surface area contributed by atoms with E-state index in [4.69, 9.17) is 11.6 Å². The zero-order chi connectivity index (χ0) is 18.2. The van der Waals surface area contributed by atoms with Crippen LogP contribution in [0.15, 0.2) is 23.2 Å². The maximum absolute atomic E-state index is 13.8. The number of piperidine rings is 1. The molecule has 148 valence electrons. The highest BCUT2D eigenvalue weighted by Gasteiger charge is 2.20. The lowest BCUT2D eigenvalue weighted by Crippen LogP contribution is -2.49. The molecule has 1 saturated heterocycles. The molecule has 0 saturated carbocycles. The van der Waals surface area contributed by atoms with Crippen LogP contribution in [0.25, 0.3) is 0 Å². The molecule has 0 amide bonds. The SMILES string of the molecule is CN=C(NCCc1c(F)cccc1Cl)NC1CCN(CC(C)C)CC1.I. The third kappa shape index (κ3) is 7.56. The second-order valence-electron chi connectivity index (χ2n) is 7.06. The third-order valence-corrected chi connectivity index (χ3v) is 4.86. The molecule has 1 aliphatic rings. The van der Waals surface area contributed by atoms with Crippen LogP contribution in [0.1, 0.15) is 32.3 Å². The van der Waals surface area contributed by atoms with Gasteiger partial charge < -0.3 is 15.5 Å². The summed E-state index contributed by atoms with van der Waals surface area (Å²) in [7, 11) is 1.76.